The molecule has 1 aromatic carbocycles. The van der Waals surface area contributed by atoms with Gasteiger partial charge in [0, 0.05) is 18.0 Å². The minimum absolute atomic E-state index is 0.0585. The summed E-state index contributed by atoms with van der Waals surface area (Å²) < 4.78 is 0. The van der Waals surface area contributed by atoms with Crippen LogP contribution >= 0.6 is 11.8 Å². The van der Waals surface area contributed by atoms with Gasteiger partial charge in [0.25, 0.3) is 0 Å². The molecule has 0 aliphatic rings. The van der Waals surface area contributed by atoms with Crippen LogP contribution in [0.1, 0.15) is 39.7 Å². The Labute approximate surface area is 133 Å². The second-order valence-corrected chi connectivity index (χ2v) is 7.07. The van der Waals surface area contributed by atoms with Crippen LogP contribution in [-0.2, 0) is 11.3 Å². The monoisotopic (exact) mass is 308 g/mol. The summed E-state index contributed by atoms with van der Waals surface area (Å²) in [7, 11) is 0. The van der Waals surface area contributed by atoms with E-state index in [2.05, 4.69) is 55.7 Å². The first-order valence-corrected chi connectivity index (χ1v) is 8.65. The smallest absolute Gasteiger partial charge is 0.233 e. The molecule has 2 N–H and O–H groups in total. The van der Waals surface area contributed by atoms with Crippen LogP contribution in [0.15, 0.2) is 29.2 Å². The Morgan fingerprint density at radius 2 is 1.86 bits per heavy atom. The van der Waals surface area contributed by atoms with Crippen molar-refractivity contribution in [2.75, 3.05) is 13.1 Å². The molecule has 0 radical (unpaired) electrons. The van der Waals surface area contributed by atoms with E-state index in [0.29, 0.717) is 5.92 Å². The zero-order valence-corrected chi connectivity index (χ0v) is 14.4. The Bertz CT molecular complexity index is 417. The van der Waals surface area contributed by atoms with E-state index in [1.165, 1.54) is 5.56 Å². The van der Waals surface area contributed by atoms with Gasteiger partial charge < -0.3 is 10.6 Å². The summed E-state index contributed by atoms with van der Waals surface area (Å²) in [5.41, 5.74) is 1.27. The fourth-order valence-electron chi connectivity index (χ4n) is 1.84. The van der Waals surface area contributed by atoms with Gasteiger partial charge in [0.2, 0.25) is 5.91 Å². The highest BCUT2D eigenvalue weighted by molar-refractivity contribution is 8.00. The average molecular weight is 308 g/mol. The maximum atomic E-state index is 12.0. The fourth-order valence-corrected chi connectivity index (χ4v) is 2.73. The van der Waals surface area contributed by atoms with Gasteiger partial charge in [0.15, 0.2) is 0 Å². The molecular weight excluding hydrogens is 280 g/mol. The molecule has 0 heterocycles. The van der Waals surface area contributed by atoms with E-state index in [9.17, 15) is 4.79 Å². The summed E-state index contributed by atoms with van der Waals surface area (Å²) in [6, 6.07) is 8.42. The van der Waals surface area contributed by atoms with Crippen LogP contribution in [0.4, 0.5) is 0 Å². The van der Waals surface area contributed by atoms with E-state index in [-0.39, 0.29) is 11.2 Å². The molecule has 1 aromatic rings. The Morgan fingerprint density at radius 3 is 2.43 bits per heavy atom. The van der Waals surface area contributed by atoms with Crippen molar-refractivity contribution in [2.24, 2.45) is 5.92 Å². The third-order valence-electron chi connectivity index (χ3n) is 3.21. The second-order valence-electron chi connectivity index (χ2n) is 5.66. The number of thioether (sulfide) groups is 1. The van der Waals surface area contributed by atoms with Gasteiger partial charge in [-0.25, -0.2) is 0 Å². The number of carbonyl (C=O) groups excluding carboxylic acids is 1. The number of benzene rings is 1. The lowest BCUT2D eigenvalue weighted by Gasteiger charge is -2.13. The molecule has 0 aliphatic carbocycles. The van der Waals surface area contributed by atoms with Crippen LogP contribution in [0.25, 0.3) is 0 Å². The van der Waals surface area contributed by atoms with E-state index in [1.807, 2.05) is 6.92 Å². The van der Waals surface area contributed by atoms with Gasteiger partial charge in [-0.3, -0.25) is 4.79 Å². The Hall–Kier alpha value is -1.00. The first-order chi connectivity index (χ1) is 10.0. The molecule has 1 unspecified atom stereocenters. The molecule has 1 rings (SSSR count). The number of nitrogens with one attached hydrogen (secondary N) is 2. The van der Waals surface area contributed by atoms with E-state index < -0.39 is 0 Å². The van der Waals surface area contributed by atoms with Gasteiger partial charge in [0.05, 0.1) is 5.25 Å². The summed E-state index contributed by atoms with van der Waals surface area (Å²) >= 11 is 1.61. The minimum atomic E-state index is -0.0585. The molecule has 0 spiro atoms. The quantitative estimate of drug-likeness (QED) is 0.687. The van der Waals surface area contributed by atoms with Crippen LogP contribution in [0.2, 0.25) is 0 Å². The number of rotatable bonds is 9. The van der Waals surface area contributed by atoms with Gasteiger partial charge >= 0.3 is 0 Å². The van der Waals surface area contributed by atoms with Gasteiger partial charge in [-0.1, -0.05) is 32.9 Å². The molecule has 0 aliphatic heterocycles. The van der Waals surface area contributed by atoms with Crippen molar-refractivity contribution in [3.8, 4) is 0 Å². The predicted octanol–water partition coefficient (Wildman–Crippen LogP) is 3.44. The van der Waals surface area contributed by atoms with Gasteiger partial charge in [-0.15, -0.1) is 11.8 Å². The Morgan fingerprint density at radius 1 is 1.19 bits per heavy atom. The summed E-state index contributed by atoms with van der Waals surface area (Å²) in [5.74, 6) is 0.745. The number of amides is 1. The van der Waals surface area contributed by atoms with Gasteiger partial charge in [-0.2, -0.15) is 0 Å². The normalized spacial score (nSPS) is 12.4. The molecule has 118 valence electrons. The van der Waals surface area contributed by atoms with Crippen molar-refractivity contribution in [1.82, 2.24) is 10.6 Å². The molecule has 21 heavy (non-hydrogen) atoms. The third kappa shape index (κ3) is 7.53. The molecule has 0 fully saturated rings. The highest BCUT2D eigenvalue weighted by atomic mass is 32.2. The van der Waals surface area contributed by atoms with Crippen LogP contribution in [0, 0.1) is 5.92 Å². The molecule has 0 saturated carbocycles. The van der Waals surface area contributed by atoms with Crippen molar-refractivity contribution in [3.05, 3.63) is 29.8 Å². The molecule has 0 bridgehead atoms. The number of hydrogen-bond donors (Lipinski definition) is 2. The molecule has 0 saturated heterocycles. The van der Waals surface area contributed by atoms with Gasteiger partial charge in [0.1, 0.15) is 0 Å². The predicted molar refractivity (Wildman–Crippen MR) is 91.6 cm³/mol. The fraction of sp³-hybridized carbons (Fsp3) is 0.588. The molecular formula is C17H28N2OS. The maximum absolute atomic E-state index is 12.0. The molecule has 1 atom stereocenters. The van der Waals surface area contributed by atoms with E-state index in [0.717, 1.165) is 31.0 Å². The van der Waals surface area contributed by atoms with Crippen molar-refractivity contribution < 1.29 is 4.79 Å². The Balaban J connectivity index is 2.39. The first kappa shape index (κ1) is 18.1. The van der Waals surface area contributed by atoms with Crippen molar-refractivity contribution in [3.63, 3.8) is 0 Å². The summed E-state index contributed by atoms with van der Waals surface area (Å²) in [4.78, 5) is 13.1. The number of carbonyl (C=O) groups is 1. The summed E-state index contributed by atoms with van der Waals surface area (Å²) in [5, 5.41) is 6.25. The lowest BCUT2D eigenvalue weighted by Crippen LogP contribution is -2.32. The first-order valence-electron chi connectivity index (χ1n) is 7.77. The van der Waals surface area contributed by atoms with Crippen LogP contribution in [-0.4, -0.2) is 24.2 Å². The SMILES string of the molecule is CCNCc1ccc(SC(C)C(=O)NCCC(C)C)cc1. The maximum Gasteiger partial charge on any atom is 0.233 e. The molecule has 4 heteroatoms. The molecule has 3 nitrogen and oxygen atoms in total. The lowest BCUT2D eigenvalue weighted by atomic mass is 10.1. The minimum Gasteiger partial charge on any atom is -0.355 e. The van der Waals surface area contributed by atoms with Crippen LogP contribution in [0.5, 0.6) is 0 Å². The largest absolute Gasteiger partial charge is 0.355 e. The van der Waals surface area contributed by atoms with Crippen LogP contribution < -0.4 is 10.6 Å². The lowest BCUT2D eigenvalue weighted by molar-refractivity contribution is -0.120. The standard InChI is InChI=1S/C17H28N2OS/c1-5-18-12-15-6-8-16(9-7-15)21-14(4)17(20)19-11-10-13(2)3/h6-9,13-14,18H,5,10-12H2,1-4H3,(H,19,20). The zero-order chi connectivity index (χ0) is 15.7. The van der Waals surface area contributed by atoms with Crippen molar-refractivity contribution >= 4 is 17.7 Å². The third-order valence-corrected chi connectivity index (χ3v) is 4.32. The topological polar surface area (TPSA) is 41.1 Å². The second kappa shape index (κ2) is 9.85. The highest BCUT2D eigenvalue weighted by Gasteiger charge is 2.13. The van der Waals surface area contributed by atoms with Crippen molar-refractivity contribution in [2.45, 2.75) is 50.8 Å². The van der Waals surface area contributed by atoms with Gasteiger partial charge in [-0.05, 0) is 43.5 Å². The highest BCUT2D eigenvalue weighted by Crippen LogP contribution is 2.23. The zero-order valence-electron chi connectivity index (χ0n) is 13.6. The van der Waals surface area contributed by atoms with Crippen LogP contribution in [0.3, 0.4) is 0 Å². The molecule has 0 aromatic heterocycles. The summed E-state index contributed by atoms with van der Waals surface area (Å²) in [6.07, 6.45) is 1.03. The van der Waals surface area contributed by atoms with E-state index in [4.69, 9.17) is 0 Å². The van der Waals surface area contributed by atoms with E-state index >= 15 is 0 Å². The number of hydrogen-bond acceptors (Lipinski definition) is 3. The Kier molecular flexibility index (Phi) is 8.47. The van der Waals surface area contributed by atoms with Crippen molar-refractivity contribution in [1.29, 1.82) is 0 Å². The molecule has 1 amide bonds. The van der Waals surface area contributed by atoms with E-state index in [1.54, 1.807) is 11.8 Å². The average Bonchev–Trinajstić information content (AvgIpc) is 2.46. The summed E-state index contributed by atoms with van der Waals surface area (Å²) in [6.45, 7) is 11.0.